The van der Waals surface area contributed by atoms with E-state index in [2.05, 4.69) is 5.32 Å². The average Bonchev–Trinajstić information content (AvgIpc) is 2.55. The zero-order valence-electron chi connectivity index (χ0n) is 13.6. The van der Waals surface area contributed by atoms with Crippen LogP contribution in [0.15, 0.2) is 42.5 Å². The van der Waals surface area contributed by atoms with Gasteiger partial charge >= 0.3 is 0 Å². The molecule has 1 amide bonds. The van der Waals surface area contributed by atoms with Crippen molar-refractivity contribution >= 4 is 28.7 Å². The number of hydrogen-bond donors (Lipinski definition) is 1. The van der Waals surface area contributed by atoms with Crippen molar-refractivity contribution in [3.8, 4) is 0 Å². The van der Waals surface area contributed by atoms with Gasteiger partial charge in [0.15, 0.2) is 0 Å². The van der Waals surface area contributed by atoms with E-state index in [0.717, 1.165) is 17.8 Å². The van der Waals surface area contributed by atoms with Crippen LogP contribution in [0.3, 0.4) is 0 Å². The van der Waals surface area contributed by atoms with Gasteiger partial charge in [-0.15, -0.1) is 0 Å². The van der Waals surface area contributed by atoms with Crippen molar-refractivity contribution in [3.63, 3.8) is 0 Å². The van der Waals surface area contributed by atoms with Crippen LogP contribution in [0, 0.1) is 20.2 Å². The highest BCUT2D eigenvalue weighted by molar-refractivity contribution is 5.93. The molecule has 0 saturated carbocycles. The normalized spacial score (nSPS) is 10.2. The second-order valence-corrected chi connectivity index (χ2v) is 5.49. The number of anilines is 2. The molecule has 0 aliphatic carbocycles. The average molecular weight is 344 g/mol. The molecule has 0 atom stereocenters. The van der Waals surface area contributed by atoms with Crippen molar-refractivity contribution in [2.45, 2.75) is 6.42 Å². The molecular weight excluding hydrogens is 328 g/mol. The SMILES string of the molecule is CN(C)c1ccc(NC(=O)Cc2ccc([N+](=O)[O-])cc2[N+](=O)[O-])cc1. The van der Waals surface area contributed by atoms with E-state index in [1.807, 2.05) is 31.1 Å². The summed E-state index contributed by atoms with van der Waals surface area (Å²) in [5, 5.41) is 24.5. The van der Waals surface area contributed by atoms with Crippen LogP contribution in [0.5, 0.6) is 0 Å². The van der Waals surface area contributed by atoms with Gasteiger partial charge in [-0.1, -0.05) is 0 Å². The molecule has 2 aromatic rings. The number of benzene rings is 2. The van der Waals surface area contributed by atoms with Crippen LogP contribution in [-0.2, 0) is 11.2 Å². The number of rotatable bonds is 6. The molecule has 0 heterocycles. The van der Waals surface area contributed by atoms with E-state index < -0.39 is 27.1 Å². The largest absolute Gasteiger partial charge is 0.378 e. The Morgan fingerprint density at radius 3 is 2.20 bits per heavy atom. The van der Waals surface area contributed by atoms with Crippen LogP contribution in [0.1, 0.15) is 5.56 Å². The molecule has 0 bridgehead atoms. The quantitative estimate of drug-likeness (QED) is 0.636. The van der Waals surface area contributed by atoms with Gasteiger partial charge in [-0.05, 0) is 30.3 Å². The fourth-order valence-electron chi connectivity index (χ4n) is 2.21. The second kappa shape index (κ2) is 7.39. The van der Waals surface area contributed by atoms with E-state index in [-0.39, 0.29) is 12.0 Å². The summed E-state index contributed by atoms with van der Waals surface area (Å²) in [6, 6.07) is 10.3. The van der Waals surface area contributed by atoms with Crippen LogP contribution < -0.4 is 10.2 Å². The highest BCUT2D eigenvalue weighted by atomic mass is 16.6. The minimum absolute atomic E-state index is 0.109. The molecule has 0 fully saturated rings. The lowest BCUT2D eigenvalue weighted by Crippen LogP contribution is -2.15. The van der Waals surface area contributed by atoms with Crippen LogP contribution in [0.25, 0.3) is 0 Å². The van der Waals surface area contributed by atoms with Crippen LogP contribution >= 0.6 is 0 Å². The number of non-ortho nitro benzene ring substituents is 1. The zero-order valence-corrected chi connectivity index (χ0v) is 13.6. The molecule has 25 heavy (non-hydrogen) atoms. The van der Waals surface area contributed by atoms with E-state index in [1.54, 1.807) is 12.1 Å². The molecule has 0 aliphatic rings. The number of carbonyl (C=O) groups is 1. The number of nitro groups is 2. The standard InChI is InChI=1S/C16H16N4O5/c1-18(2)13-7-4-12(5-8-13)17-16(21)9-11-3-6-14(19(22)23)10-15(11)20(24)25/h3-8,10H,9H2,1-2H3,(H,17,21). The number of carbonyl (C=O) groups excluding carboxylic acids is 1. The van der Waals surface area contributed by atoms with Crippen molar-refractivity contribution in [2.75, 3.05) is 24.3 Å². The summed E-state index contributed by atoms with van der Waals surface area (Å²) >= 11 is 0. The van der Waals surface area contributed by atoms with Gasteiger partial charge in [0.25, 0.3) is 11.4 Å². The van der Waals surface area contributed by atoms with Crippen molar-refractivity contribution in [1.82, 2.24) is 0 Å². The number of nitro benzene ring substituents is 2. The predicted octanol–water partition coefficient (Wildman–Crippen LogP) is 2.75. The Labute approximate surface area is 143 Å². The van der Waals surface area contributed by atoms with Gasteiger partial charge in [0, 0.05) is 37.1 Å². The molecule has 0 aromatic heterocycles. The smallest absolute Gasteiger partial charge is 0.279 e. The number of amides is 1. The maximum atomic E-state index is 12.1. The first-order chi connectivity index (χ1) is 11.8. The van der Waals surface area contributed by atoms with Gasteiger partial charge in [0.05, 0.1) is 22.3 Å². The third-order valence-electron chi connectivity index (χ3n) is 3.49. The summed E-state index contributed by atoms with van der Waals surface area (Å²) < 4.78 is 0. The first-order valence-electron chi connectivity index (χ1n) is 7.27. The highest BCUT2D eigenvalue weighted by Gasteiger charge is 2.21. The Hall–Kier alpha value is -3.49. The van der Waals surface area contributed by atoms with Crippen LogP contribution in [0.2, 0.25) is 0 Å². The first-order valence-corrected chi connectivity index (χ1v) is 7.27. The molecular formula is C16H16N4O5. The Morgan fingerprint density at radius 1 is 1.04 bits per heavy atom. The lowest BCUT2D eigenvalue weighted by atomic mass is 10.1. The molecule has 0 unspecified atom stereocenters. The van der Waals surface area contributed by atoms with Crippen LogP contribution in [0.4, 0.5) is 22.7 Å². The summed E-state index contributed by atoms with van der Waals surface area (Å²) in [6.45, 7) is 0. The number of hydrogen-bond acceptors (Lipinski definition) is 6. The summed E-state index contributed by atoms with van der Waals surface area (Å²) in [6.07, 6.45) is -0.260. The van der Waals surface area contributed by atoms with E-state index in [9.17, 15) is 25.0 Å². The van der Waals surface area contributed by atoms with Crippen molar-refractivity contribution in [3.05, 3.63) is 68.3 Å². The van der Waals surface area contributed by atoms with Gasteiger partial charge in [0.2, 0.25) is 5.91 Å². The molecule has 2 rings (SSSR count). The summed E-state index contributed by atoms with van der Waals surface area (Å²) in [5.74, 6) is -0.449. The van der Waals surface area contributed by atoms with Crippen molar-refractivity contribution < 1.29 is 14.6 Å². The summed E-state index contributed by atoms with van der Waals surface area (Å²) in [7, 11) is 3.78. The number of nitrogens with zero attached hydrogens (tertiary/aromatic N) is 3. The zero-order chi connectivity index (χ0) is 18.6. The van der Waals surface area contributed by atoms with Gasteiger partial charge in [0.1, 0.15) is 0 Å². The fourth-order valence-corrected chi connectivity index (χ4v) is 2.21. The van der Waals surface area contributed by atoms with E-state index >= 15 is 0 Å². The molecule has 0 spiro atoms. The maximum Gasteiger partial charge on any atom is 0.279 e. The molecule has 2 aromatic carbocycles. The third kappa shape index (κ3) is 4.50. The van der Waals surface area contributed by atoms with Gasteiger partial charge in [-0.25, -0.2) is 0 Å². The lowest BCUT2D eigenvalue weighted by Gasteiger charge is -2.13. The molecule has 0 aliphatic heterocycles. The Balaban J connectivity index is 2.14. The van der Waals surface area contributed by atoms with E-state index in [0.29, 0.717) is 5.69 Å². The molecule has 0 radical (unpaired) electrons. The fraction of sp³-hybridized carbons (Fsp3) is 0.188. The van der Waals surface area contributed by atoms with E-state index in [1.165, 1.54) is 6.07 Å². The molecule has 0 saturated heterocycles. The molecule has 1 N–H and O–H groups in total. The molecule has 9 heteroatoms. The topological polar surface area (TPSA) is 119 Å². The molecule has 9 nitrogen and oxygen atoms in total. The monoisotopic (exact) mass is 344 g/mol. The van der Waals surface area contributed by atoms with Gasteiger partial charge < -0.3 is 10.2 Å². The van der Waals surface area contributed by atoms with Gasteiger partial charge in [-0.2, -0.15) is 0 Å². The Kier molecular flexibility index (Phi) is 5.28. The Morgan fingerprint density at radius 2 is 1.68 bits per heavy atom. The van der Waals surface area contributed by atoms with Crippen molar-refractivity contribution in [1.29, 1.82) is 0 Å². The van der Waals surface area contributed by atoms with E-state index in [4.69, 9.17) is 0 Å². The Bertz CT molecular complexity index is 818. The van der Waals surface area contributed by atoms with Gasteiger partial charge in [-0.3, -0.25) is 25.0 Å². The second-order valence-electron chi connectivity index (χ2n) is 5.49. The highest BCUT2D eigenvalue weighted by Crippen LogP contribution is 2.25. The minimum atomic E-state index is -0.735. The number of nitrogens with one attached hydrogen (secondary N) is 1. The van der Waals surface area contributed by atoms with Crippen molar-refractivity contribution in [2.24, 2.45) is 0 Å². The summed E-state index contributed by atoms with van der Waals surface area (Å²) in [5.41, 5.74) is 0.782. The van der Waals surface area contributed by atoms with Crippen LogP contribution in [-0.4, -0.2) is 29.8 Å². The maximum absolute atomic E-state index is 12.1. The minimum Gasteiger partial charge on any atom is -0.378 e. The third-order valence-corrected chi connectivity index (χ3v) is 3.49. The first kappa shape index (κ1) is 17.9. The predicted molar refractivity (Wildman–Crippen MR) is 92.9 cm³/mol. The lowest BCUT2D eigenvalue weighted by molar-refractivity contribution is -0.394. The molecule has 130 valence electrons. The summed E-state index contributed by atoms with van der Waals surface area (Å²) in [4.78, 5) is 34.4.